The maximum absolute atomic E-state index is 13.3. The Kier molecular flexibility index (Phi) is 5.48. The van der Waals surface area contributed by atoms with Crippen molar-refractivity contribution >= 4 is 27.6 Å². The zero-order valence-corrected chi connectivity index (χ0v) is 19.6. The minimum absolute atomic E-state index is 0.00743. The van der Waals surface area contributed by atoms with Crippen molar-refractivity contribution in [3.8, 4) is 0 Å². The number of Topliss-reactive ketones (excluding diaryl/α,β-unsaturated/α-hetero) is 1. The highest BCUT2D eigenvalue weighted by molar-refractivity contribution is 9.10. The molecule has 2 atom stereocenters. The number of rotatable bonds is 2. The second kappa shape index (κ2) is 7.81. The van der Waals surface area contributed by atoms with E-state index in [-0.39, 0.29) is 28.9 Å². The van der Waals surface area contributed by atoms with Crippen LogP contribution in [0.1, 0.15) is 74.1 Å². The summed E-state index contributed by atoms with van der Waals surface area (Å²) in [5, 5.41) is 3.02. The summed E-state index contributed by atoms with van der Waals surface area (Å²) < 4.78 is 1.01. The molecule has 2 aromatic carbocycles. The highest BCUT2D eigenvalue weighted by Gasteiger charge is 2.38. The molecule has 3 nitrogen and oxygen atoms in total. The van der Waals surface area contributed by atoms with E-state index in [1.807, 2.05) is 25.1 Å². The summed E-state index contributed by atoms with van der Waals surface area (Å²) in [4.78, 5) is 25.7. The van der Waals surface area contributed by atoms with Crippen LogP contribution in [0.15, 0.2) is 58.2 Å². The van der Waals surface area contributed by atoms with Crippen LogP contribution < -0.4 is 5.32 Å². The molecule has 2 unspecified atom stereocenters. The first kappa shape index (κ1) is 21.0. The molecule has 2 aliphatic rings. The molecule has 1 aliphatic carbocycles. The molecular weight excluding hydrogens is 438 g/mol. The second-order valence-electron chi connectivity index (χ2n) is 9.61. The number of aryl methyl sites for hydroxylation is 1. The summed E-state index contributed by atoms with van der Waals surface area (Å²) in [5.41, 5.74) is 6.32. The average Bonchev–Trinajstić information content (AvgIpc) is 2.68. The molecule has 0 saturated heterocycles. The molecule has 0 fully saturated rings. The van der Waals surface area contributed by atoms with Crippen molar-refractivity contribution in [2.45, 2.75) is 64.2 Å². The van der Waals surface area contributed by atoms with E-state index in [1.54, 1.807) is 0 Å². The van der Waals surface area contributed by atoms with Crippen LogP contribution in [-0.4, -0.2) is 11.7 Å². The van der Waals surface area contributed by atoms with E-state index in [2.05, 4.69) is 66.3 Å². The monoisotopic (exact) mass is 465 g/mol. The van der Waals surface area contributed by atoms with Crippen LogP contribution in [0.25, 0.3) is 0 Å². The van der Waals surface area contributed by atoms with Crippen molar-refractivity contribution in [3.05, 3.63) is 80.5 Å². The number of carbonyl (C=O) groups is 2. The zero-order chi connectivity index (χ0) is 21.6. The van der Waals surface area contributed by atoms with Crippen LogP contribution in [-0.2, 0) is 15.0 Å². The van der Waals surface area contributed by atoms with Gasteiger partial charge in [-0.25, -0.2) is 0 Å². The molecule has 1 amide bonds. The standard InChI is InChI=1S/C26H28BrNO2/c1-15-5-6-17(11-21(15)27)20-14-24(30)28-22-12-18(13-23(29)25(20)22)16-7-9-19(10-8-16)26(2,3)4/h5-11,18,20H,12-14H2,1-4H3,(H,28,30). The number of benzene rings is 2. The molecule has 30 heavy (non-hydrogen) atoms. The number of carbonyl (C=O) groups excluding carboxylic acids is 2. The quantitative estimate of drug-likeness (QED) is 0.585. The van der Waals surface area contributed by atoms with Gasteiger partial charge in [0, 0.05) is 34.5 Å². The molecule has 156 valence electrons. The van der Waals surface area contributed by atoms with Gasteiger partial charge in [-0.3, -0.25) is 9.59 Å². The van der Waals surface area contributed by atoms with Crippen molar-refractivity contribution in [3.63, 3.8) is 0 Å². The highest BCUT2D eigenvalue weighted by Crippen LogP contribution is 2.43. The average molecular weight is 466 g/mol. The molecule has 0 radical (unpaired) electrons. The first-order valence-electron chi connectivity index (χ1n) is 10.6. The predicted octanol–water partition coefficient (Wildman–Crippen LogP) is 6.06. The summed E-state index contributed by atoms with van der Waals surface area (Å²) in [7, 11) is 0. The Hall–Kier alpha value is -2.20. The Balaban J connectivity index is 1.66. The molecule has 4 rings (SSSR count). The fourth-order valence-electron chi connectivity index (χ4n) is 4.56. The van der Waals surface area contributed by atoms with Crippen LogP contribution in [0.5, 0.6) is 0 Å². The lowest BCUT2D eigenvalue weighted by atomic mass is 9.73. The lowest BCUT2D eigenvalue weighted by Gasteiger charge is -2.34. The normalized spacial score (nSPS) is 22.0. The molecule has 4 heteroatoms. The molecule has 0 bridgehead atoms. The van der Waals surface area contributed by atoms with E-state index >= 15 is 0 Å². The summed E-state index contributed by atoms with van der Waals surface area (Å²) in [6.45, 7) is 8.63. The molecule has 0 saturated carbocycles. The number of nitrogens with one attached hydrogen (secondary N) is 1. The Labute approximate surface area is 187 Å². The first-order chi connectivity index (χ1) is 14.1. The van der Waals surface area contributed by atoms with Gasteiger partial charge in [-0.2, -0.15) is 0 Å². The van der Waals surface area contributed by atoms with E-state index in [4.69, 9.17) is 0 Å². The predicted molar refractivity (Wildman–Crippen MR) is 124 cm³/mol. The number of amides is 1. The van der Waals surface area contributed by atoms with Gasteiger partial charge in [0.15, 0.2) is 5.78 Å². The molecule has 1 N–H and O–H groups in total. The zero-order valence-electron chi connectivity index (χ0n) is 18.0. The first-order valence-corrected chi connectivity index (χ1v) is 11.4. The third-order valence-corrected chi connectivity index (χ3v) is 7.24. The third kappa shape index (κ3) is 4.02. The Morgan fingerprint density at radius 3 is 2.23 bits per heavy atom. The van der Waals surface area contributed by atoms with Gasteiger partial charge >= 0.3 is 0 Å². The smallest absolute Gasteiger partial charge is 0.225 e. The fraction of sp³-hybridized carbons (Fsp3) is 0.385. The number of allylic oxidation sites excluding steroid dienone is 2. The van der Waals surface area contributed by atoms with Gasteiger partial charge in [-0.1, -0.05) is 73.1 Å². The molecule has 0 spiro atoms. The van der Waals surface area contributed by atoms with Gasteiger partial charge in [0.25, 0.3) is 0 Å². The number of ketones is 1. The minimum Gasteiger partial charge on any atom is -0.329 e. The van der Waals surface area contributed by atoms with Gasteiger partial charge in [0.1, 0.15) is 0 Å². The van der Waals surface area contributed by atoms with E-state index in [0.29, 0.717) is 19.3 Å². The van der Waals surface area contributed by atoms with Crippen LogP contribution in [0.4, 0.5) is 0 Å². The van der Waals surface area contributed by atoms with Crippen molar-refractivity contribution < 1.29 is 9.59 Å². The molecule has 1 heterocycles. The van der Waals surface area contributed by atoms with Crippen LogP contribution >= 0.6 is 15.9 Å². The second-order valence-corrected chi connectivity index (χ2v) is 10.5. The number of halogens is 1. The fourth-order valence-corrected chi connectivity index (χ4v) is 4.96. The van der Waals surface area contributed by atoms with Gasteiger partial charge < -0.3 is 5.32 Å². The summed E-state index contributed by atoms with van der Waals surface area (Å²) in [5.74, 6) is 0.0891. The van der Waals surface area contributed by atoms with Crippen molar-refractivity contribution in [2.75, 3.05) is 0 Å². The molecule has 1 aliphatic heterocycles. The molecule has 2 aromatic rings. The number of hydrogen-bond acceptors (Lipinski definition) is 2. The highest BCUT2D eigenvalue weighted by atomic mass is 79.9. The topological polar surface area (TPSA) is 46.2 Å². The van der Waals surface area contributed by atoms with Gasteiger partial charge in [-0.05, 0) is 53.0 Å². The van der Waals surface area contributed by atoms with E-state index in [0.717, 1.165) is 32.4 Å². The summed E-state index contributed by atoms with van der Waals surface area (Å²) >= 11 is 3.59. The number of hydrogen-bond donors (Lipinski definition) is 1. The van der Waals surface area contributed by atoms with Gasteiger partial charge in [-0.15, -0.1) is 0 Å². The van der Waals surface area contributed by atoms with Gasteiger partial charge in [0.2, 0.25) is 5.91 Å². The largest absolute Gasteiger partial charge is 0.329 e. The van der Waals surface area contributed by atoms with E-state index < -0.39 is 0 Å². The molecular formula is C26H28BrNO2. The Morgan fingerprint density at radius 1 is 0.933 bits per heavy atom. The van der Waals surface area contributed by atoms with Crippen LogP contribution in [0, 0.1) is 6.92 Å². The van der Waals surface area contributed by atoms with Crippen molar-refractivity contribution in [1.29, 1.82) is 0 Å². The van der Waals surface area contributed by atoms with Gasteiger partial charge in [0.05, 0.1) is 0 Å². The van der Waals surface area contributed by atoms with Crippen molar-refractivity contribution in [1.82, 2.24) is 5.32 Å². The Bertz CT molecular complexity index is 1040. The van der Waals surface area contributed by atoms with Crippen LogP contribution in [0.3, 0.4) is 0 Å². The Morgan fingerprint density at radius 2 is 1.60 bits per heavy atom. The maximum Gasteiger partial charge on any atom is 0.225 e. The molecule has 0 aromatic heterocycles. The maximum atomic E-state index is 13.3. The van der Waals surface area contributed by atoms with Crippen molar-refractivity contribution in [2.24, 2.45) is 0 Å². The summed E-state index contributed by atoms with van der Waals surface area (Å²) in [6, 6.07) is 14.7. The van der Waals surface area contributed by atoms with Crippen LogP contribution in [0.2, 0.25) is 0 Å². The summed E-state index contributed by atoms with van der Waals surface area (Å²) in [6.07, 6.45) is 1.52. The minimum atomic E-state index is -0.164. The lowest BCUT2D eigenvalue weighted by molar-refractivity contribution is -0.122. The third-order valence-electron chi connectivity index (χ3n) is 6.38. The SMILES string of the molecule is Cc1ccc(C2CC(=O)NC3=C2C(=O)CC(c2ccc(C(C)(C)C)cc2)C3)cc1Br. The van der Waals surface area contributed by atoms with E-state index in [1.165, 1.54) is 5.56 Å². The lowest BCUT2D eigenvalue weighted by Crippen LogP contribution is -2.38. The van der Waals surface area contributed by atoms with E-state index in [9.17, 15) is 9.59 Å².